The van der Waals surface area contributed by atoms with E-state index in [1.54, 1.807) is 13.8 Å². The monoisotopic (exact) mass is 390 g/mol. The molecular formula is C21H26O7. The highest BCUT2D eigenvalue weighted by Crippen LogP contribution is 2.02. The molecule has 2 rings (SSSR count). The van der Waals surface area contributed by atoms with Gasteiger partial charge in [0, 0.05) is 0 Å². The van der Waals surface area contributed by atoms with Crippen LogP contribution in [0.1, 0.15) is 25.0 Å². The van der Waals surface area contributed by atoms with Gasteiger partial charge in [0.2, 0.25) is 0 Å². The highest BCUT2D eigenvalue weighted by atomic mass is 16.7. The maximum absolute atomic E-state index is 10.8. The molecule has 0 aliphatic heterocycles. The molecule has 0 atom stereocenters. The topological polar surface area (TPSA) is 88.1 Å². The third-order valence-corrected chi connectivity index (χ3v) is 2.92. The maximum Gasteiger partial charge on any atom is 0.508 e. The third-order valence-electron chi connectivity index (χ3n) is 2.92. The van der Waals surface area contributed by atoms with Gasteiger partial charge in [-0.3, -0.25) is 0 Å². The molecule has 0 bridgehead atoms. The van der Waals surface area contributed by atoms with E-state index in [1.807, 2.05) is 67.5 Å². The van der Waals surface area contributed by atoms with Gasteiger partial charge in [0.15, 0.2) is 0 Å². The third kappa shape index (κ3) is 12.9. The van der Waals surface area contributed by atoms with E-state index < -0.39 is 12.3 Å². The summed E-state index contributed by atoms with van der Waals surface area (Å²) in [6.07, 6.45) is -1.24. The highest BCUT2D eigenvalue weighted by Gasteiger charge is 2.02. The molecule has 0 saturated carbocycles. The van der Waals surface area contributed by atoms with Gasteiger partial charge in [-0.1, -0.05) is 60.7 Å². The van der Waals surface area contributed by atoms with Crippen molar-refractivity contribution >= 4 is 19.1 Å². The lowest BCUT2D eigenvalue weighted by Crippen LogP contribution is -2.06. The van der Waals surface area contributed by atoms with Crippen molar-refractivity contribution in [3.05, 3.63) is 71.8 Å². The molecule has 2 aromatic carbocycles. The zero-order chi connectivity index (χ0) is 21.0. The van der Waals surface area contributed by atoms with Crippen molar-refractivity contribution in [2.24, 2.45) is 0 Å². The number of carbonyl (C=O) groups excluding carboxylic acids is 3. The molecule has 2 aromatic rings. The lowest BCUT2D eigenvalue weighted by atomic mass is 10.2. The van der Waals surface area contributed by atoms with Crippen molar-refractivity contribution in [2.45, 2.75) is 27.1 Å². The first-order chi connectivity index (χ1) is 13.7. The second kappa shape index (κ2) is 17.1. The molecular weight excluding hydrogens is 364 g/mol. The van der Waals surface area contributed by atoms with Crippen LogP contribution in [0.4, 0.5) is 9.59 Å². The van der Waals surface area contributed by atoms with E-state index in [-0.39, 0.29) is 13.2 Å². The summed E-state index contributed by atoms with van der Waals surface area (Å²) in [4.78, 5) is 29.5. The lowest BCUT2D eigenvalue weighted by molar-refractivity contribution is -0.0980. The predicted octanol–water partition coefficient (Wildman–Crippen LogP) is 4.53. The van der Waals surface area contributed by atoms with E-state index in [0.717, 1.165) is 11.1 Å². The molecule has 0 aliphatic carbocycles. The first kappa shape index (κ1) is 24.7. The summed E-state index contributed by atoms with van der Waals surface area (Å²) >= 11 is 0. The van der Waals surface area contributed by atoms with E-state index >= 15 is 0 Å². The maximum atomic E-state index is 10.8. The molecule has 152 valence electrons. The lowest BCUT2D eigenvalue weighted by Gasteiger charge is -2.03. The van der Waals surface area contributed by atoms with E-state index in [2.05, 4.69) is 9.47 Å². The van der Waals surface area contributed by atoms with Gasteiger partial charge in [0.25, 0.3) is 0 Å². The Balaban J connectivity index is 0.000000478. The number of hydrogen-bond donors (Lipinski definition) is 0. The van der Waals surface area contributed by atoms with E-state index in [9.17, 15) is 9.59 Å². The first-order valence-electron chi connectivity index (χ1n) is 8.61. The minimum absolute atomic E-state index is 0.264. The van der Waals surface area contributed by atoms with Crippen molar-refractivity contribution in [3.63, 3.8) is 0 Å². The highest BCUT2D eigenvalue weighted by molar-refractivity contribution is 5.60. The van der Waals surface area contributed by atoms with Crippen LogP contribution in [0.5, 0.6) is 0 Å². The van der Waals surface area contributed by atoms with Crippen LogP contribution < -0.4 is 0 Å². The summed E-state index contributed by atoms with van der Waals surface area (Å²) in [6.45, 7) is 6.69. The molecule has 0 spiro atoms. The summed E-state index contributed by atoms with van der Waals surface area (Å²) in [7, 11) is 0. The Morgan fingerprint density at radius 1 is 0.643 bits per heavy atom. The number of benzene rings is 2. The Morgan fingerprint density at radius 2 is 0.964 bits per heavy atom. The second-order valence-corrected chi connectivity index (χ2v) is 4.91. The van der Waals surface area contributed by atoms with Crippen molar-refractivity contribution < 1.29 is 33.3 Å². The van der Waals surface area contributed by atoms with Crippen LogP contribution in [0, 0.1) is 0 Å². The minimum atomic E-state index is -0.619. The molecule has 0 N–H and O–H groups in total. The molecule has 0 amide bonds. The summed E-state index contributed by atoms with van der Waals surface area (Å²) < 4.78 is 18.8. The van der Waals surface area contributed by atoms with Gasteiger partial charge < -0.3 is 23.7 Å². The average Bonchev–Trinajstić information content (AvgIpc) is 2.75. The molecule has 0 aromatic heterocycles. The predicted molar refractivity (Wildman–Crippen MR) is 104 cm³/mol. The quantitative estimate of drug-likeness (QED) is 0.669. The summed E-state index contributed by atoms with van der Waals surface area (Å²) in [5.74, 6) is 0. The van der Waals surface area contributed by atoms with Crippen molar-refractivity contribution in [2.75, 3.05) is 13.2 Å². The van der Waals surface area contributed by atoms with E-state index in [1.165, 1.54) is 0 Å². The van der Waals surface area contributed by atoms with Crippen LogP contribution in [-0.2, 0) is 37.0 Å². The summed E-state index contributed by atoms with van der Waals surface area (Å²) in [6, 6.07) is 18.9. The molecule has 28 heavy (non-hydrogen) atoms. The Bertz CT molecular complexity index is 587. The molecule has 7 nitrogen and oxygen atoms in total. The molecule has 0 radical (unpaired) electrons. The van der Waals surface area contributed by atoms with Crippen molar-refractivity contribution in [1.29, 1.82) is 0 Å². The molecule has 0 fully saturated rings. The summed E-state index contributed by atoms with van der Waals surface area (Å²) in [5, 5.41) is 0. The fourth-order valence-electron chi connectivity index (χ4n) is 1.75. The van der Waals surface area contributed by atoms with Gasteiger partial charge in [0.1, 0.15) is 20.0 Å². The summed E-state index contributed by atoms with van der Waals surface area (Å²) in [5.41, 5.74) is 1.91. The Labute approximate surface area is 165 Å². The van der Waals surface area contributed by atoms with Crippen LogP contribution in [-0.4, -0.2) is 32.3 Å². The molecule has 7 heteroatoms. The van der Waals surface area contributed by atoms with Gasteiger partial charge in [-0.25, -0.2) is 9.59 Å². The SMILES string of the molecule is C=O.CCOC(=O)OCc1ccccc1.CCOC(=O)OCc1ccccc1. The normalized spacial score (nSPS) is 8.79. The number of hydrogen-bond acceptors (Lipinski definition) is 7. The number of carbonyl (C=O) groups is 3. The number of rotatable bonds is 6. The Morgan fingerprint density at radius 3 is 1.25 bits per heavy atom. The van der Waals surface area contributed by atoms with Crippen LogP contribution in [0.3, 0.4) is 0 Å². The van der Waals surface area contributed by atoms with E-state index in [4.69, 9.17) is 14.3 Å². The smallest absolute Gasteiger partial charge is 0.435 e. The Kier molecular flexibility index (Phi) is 15.0. The zero-order valence-electron chi connectivity index (χ0n) is 16.2. The molecule has 0 unspecified atom stereocenters. The van der Waals surface area contributed by atoms with Gasteiger partial charge in [0.05, 0.1) is 13.2 Å². The fourth-order valence-corrected chi connectivity index (χ4v) is 1.75. The van der Waals surface area contributed by atoms with Gasteiger partial charge in [-0.2, -0.15) is 0 Å². The van der Waals surface area contributed by atoms with Crippen molar-refractivity contribution in [3.8, 4) is 0 Å². The fraction of sp³-hybridized carbons (Fsp3) is 0.286. The van der Waals surface area contributed by atoms with Crippen LogP contribution in [0.25, 0.3) is 0 Å². The van der Waals surface area contributed by atoms with Crippen molar-refractivity contribution in [1.82, 2.24) is 0 Å². The molecule has 0 heterocycles. The number of ether oxygens (including phenoxy) is 4. The average molecular weight is 390 g/mol. The Hall–Kier alpha value is -3.35. The standard InChI is InChI=1S/2C10H12O3.CH2O/c2*1-2-12-10(11)13-8-9-6-4-3-5-7-9;1-2/h2*3-7H,2,8H2,1H3;1H2. The van der Waals surface area contributed by atoms with Gasteiger partial charge in [-0.15, -0.1) is 0 Å². The first-order valence-corrected chi connectivity index (χ1v) is 8.61. The van der Waals surface area contributed by atoms with E-state index in [0.29, 0.717) is 13.2 Å². The minimum Gasteiger partial charge on any atom is -0.435 e. The molecule has 0 saturated heterocycles. The molecule has 0 aliphatic rings. The van der Waals surface area contributed by atoms with Crippen LogP contribution in [0.2, 0.25) is 0 Å². The zero-order valence-corrected chi connectivity index (χ0v) is 16.2. The second-order valence-electron chi connectivity index (χ2n) is 4.91. The van der Waals surface area contributed by atoms with Crippen LogP contribution >= 0.6 is 0 Å². The van der Waals surface area contributed by atoms with Crippen LogP contribution in [0.15, 0.2) is 60.7 Å². The largest absolute Gasteiger partial charge is 0.508 e. The van der Waals surface area contributed by atoms with Gasteiger partial charge in [-0.05, 0) is 25.0 Å². The van der Waals surface area contributed by atoms with Gasteiger partial charge >= 0.3 is 12.3 Å².